The maximum atomic E-state index is 14.9. The molecule has 0 bridgehead atoms. The van der Waals surface area contributed by atoms with Crippen LogP contribution < -0.4 is 20.1 Å². The minimum absolute atomic E-state index is 0.0187. The predicted molar refractivity (Wildman–Crippen MR) is 222 cm³/mol. The van der Waals surface area contributed by atoms with Gasteiger partial charge in [-0.1, -0.05) is 51.1 Å². The number of hydrogen-bond acceptors (Lipinski definition) is 10. The van der Waals surface area contributed by atoms with Gasteiger partial charge in [0.15, 0.2) is 5.82 Å². The first-order chi connectivity index (χ1) is 30.0. The smallest absolute Gasteiger partial charge is 0.416 e. The molecule has 0 unspecified atom stereocenters. The first-order valence-electron chi connectivity index (χ1n) is 20.3. The normalized spacial score (nSPS) is 22.0. The van der Waals surface area contributed by atoms with Gasteiger partial charge in [0.1, 0.15) is 34.8 Å². The third-order valence-electron chi connectivity index (χ3n) is 11.7. The molecule has 3 aliphatic rings. The lowest BCUT2D eigenvalue weighted by molar-refractivity contribution is -0.141. The van der Waals surface area contributed by atoms with Crippen LogP contribution in [0.4, 0.5) is 32.0 Å². The Morgan fingerprint density at radius 1 is 0.922 bits per heavy atom. The fraction of sp³-hybridized carbons (Fsp3) is 0.386. The molecular weight excluding hydrogens is 871 g/mol. The lowest BCUT2D eigenvalue weighted by Gasteiger charge is -2.36. The molecule has 3 fully saturated rings. The number of anilines is 1. The van der Waals surface area contributed by atoms with Gasteiger partial charge in [-0.05, 0) is 73.2 Å². The molecule has 13 nitrogen and oxygen atoms in total. The first-order valence-corrected chi connectivity index (χ1v) is 21.8. The maximum absolute atomic E-state index is 14.9. The lowest BCUT2D eigenvalue weighted by atomic mass is 9.85. The Kier molecular flexibility index (Phi) is 11.0. The highest BCUT2D eigenvalue weighted by Gasteiger charge is 2.62. The van der Waals surface area contributed by atoms with Crippen LogP contribution in [0.2, 0.25) is 0 Å². The summed E-state index contributed by atoms with van der Waals surface area (Å²) < 4.78 is 121. The number of fused-ring (bicyclic) bond motifs is 3. The fourth-order valence-corrected chi connectivity index (χ4v) is 9.24. The Bertz CT molecular complexity index is 2770. The molecule has 64 heavy (non-hydrogen) atoms. The fourth-order valence-electron chi connectivity index (χ4n) is 7.87. The number of nitrogens with one attached hydrogen (secondary N) is 3. The maximum Gasteiger partial charge on any atom is 0.416 e. The van der Waals surface area contributed by atoms with Gasteiger partial charge in [-0.3, -0.25) is 19.1 Å². The quantitative estimate of drug-likeness (QED) is 0.0835. The van der Waals surface area contributed by atoms with Gasteiger partial charge in [-0.25, -0.2) is 13.4 Å². The van der Waals surface area contributed by atoms with Gasteiger partial charge in [-0.2, -0.15) is 31.3 Å². The summed E-state index contributed by atoms with van der Waals surface area (Å²) >= 11 is 0. The highest BCUT2D eigenvalue weighted by molar-refractivity contribution is 7.91. The van der Waals surface area contributed by atoms with E-state index < -0.39 is 91.5 Å². The average molecular weight is 913 g/mol. The van der Waals surface area contributed by atoms with Crippen molar-refractivity contribution in [1.82, 2.24) is 24.9 Å². The number of alkyl halides is 6. The van der Waals surface area contributed by atoms with Gasteiger partial charge < -0.3 is 24.7 Å². The zero-order valence-electron chi connectivity index (χ0n) is 34.5. The number of amides is 3. The number of carbonyl (C=O) groups is 3. The van der Waals surface area contributed by atoms with Crippen LogP contribution >= 0.6 is 0 Å². The number of ether oxygens (including phenoxy) is 1. The van der Waals surface area contributed by atoms with Crippen LogP contribution in [0.1, 0.15) is 57.6 Å². The van der Waals surface area contributed by atoms with Gasteiger partial charge in [0.2, 0.25) is 27.4 Å². The highest BCUT2D eigenvalue weighted by atomic mass is 32.2. The summed E-state index contributed by atoms with van der Waals surface area (Å²) in [4.78, 5) is 53.4. The van der Waals surface area contributed by atoms with Crippen LogP contribution in [-0.4, -0.2) is 76.5 Å². The standard InChI is InChI=1S/C44H42F6N6O7S/c1-5-24-21-42(24,40(59)55-64(60,61)29-18-19-29)54-37(57)31-20-28(22-56(31)39(58)35(41(2,3)4)51-27-16-14-26(15-17-27)44(48,49)50)62-38-34-33(30-8-6-7-9-32(30)63-34)52-36(53-38)23-10-12-25(13-11-23)43(45,46)47/h5-17,24,28-29,31,35,51H,1,18-22H2,2-4H3,(H,54,57)(H,55,59)/t24-,28-,31+,35-,42-/m1/s1. The van der Waals surface area contributed by atoms with E-state index in [1.807, 2.05) is 0 Å². The molecular formula is C44H42F6N6O7S. The van der Waals surface area contributed by atoms with E-state index in [0.717, 1.165) is 24.3 Å². The average Bonchev–Trinajstić information content (AvgIpc) is 4.14. The van der Waals surface area contributed by atoms with Gasteiger partial charge in [0.25, 0.3) is 11.8 Å². The Labute approximate surface area is 362 Å². The molecule has 338 valence electrons. The van der Waals surface area contributed by atoms with Crippen molar-refractivity contribution in [2.24, 2.45) is 11.3 Å². The monoisotopic (exact) mass is 912 g/mol. The molecule has 1 aliphatic heterocycles. The second kappa shape index (κ2) is 15.8. The largest absolute Gasteiger partial charge is 0.470 e. The molecule has 8 rings (SSSR count). The van der Waals surface area contributed by atoms with Crippen LogP contribution in [0.3, 0.4) is 0 Å². The molecule has 0 spiro atoms. The summed E-state index contributed by atoms with van der Waals surface area (Å²) in [6, 6.07) is 12.6. The summed E-state index contributed by atoms with van der Waals surface area (Å²) in [6.07, 6.45) is -8.27. The van der Waals surface area contributed by atoms with Gasteiger partial charge >= 0.3 is 12.4 Å². The second-order valence-corrected chi connectivity index (χ2v) is 19.3. The summed E-state index contributed by atoms with van der Waals surface area (Å²) in [5.74, 6) is -3.27. The SMILES string of the molecule is C=C[C@@H]1C[C@]1(NC(=O)[C@@H]1C[C@@H](Oc2nc(-c3ccc(C(F)(F)F)cc3)nc3c2oc2ccccc23)CN1C(=O)[C@@H](Nc1ccc(C(F)(F)F)cc1)C(C)(C)C)C(=O)NS(=O)(=O)C1CC1. The van der Waals surface area contributed by atoms with Gasteiger partial charge in [0, 0.05) is 29.0 Å². The lowest BCUT2D eigenvalue weighted by Crippen LogP contribution is -2.58. The number of sulfonamides is 1. The van der Waals surface area contributed by atoms with Gasteiger partial charge in [0.05, 0.1) is 22.9 Å². The summed E-state index contributed by atoms with van der Waals surface area (Å²) in [6.45, 7) is 8.60. The molecule has 3 heterocycles. The number of halogens is 6. The third kappa shape index (κ3) is 8.70. The number of furan rings is 1. The number of rotatable bonds is 12. The third-order valence-corrected chi connectivity index (χ3v) is 13.5. The molecule has 3 amide bonds. The zero-order valence-corrected chi connectivity index (χ0v) is 35.3. The minimum atomic E-state index is -4.61. The van der Waals surface area contributed by atoms with Crippen molar-refractivity contribution in [3.63, 3.8) is 0 Å². The van der Waals surface area contributed by atoms with Crippen LogP contribution in [0.5, 0.6) is 5.88 Å². The van der Waals surface area contributed by atoms with E-state index in [4.69, 9.17) is 9.15 Å². The number of hydrogen-bond donors (Lipinski definition) is 3. The Morgan fingerprint density at radius 3 is 2.12 bits per heavy atom. The molecule has 0 radical (unpaired) electrons. The van der Waals surface area contributed by atoms with Crippen LogP contribution in [-0.2, 0) is 36.8 Å². The number of para-hydroxylation sites is 1. The Balaban J connectivity index is 1.15. The zero-order chi connectivity index (χ0) is 46.1. The Morgan fingerprint density at radius 2 is 1.55 bits per heavy atom. The minimum Gasteiger partial charge on any atom is -0.470 e. The topological polar surface area (TPSA) is 173 Å². The van der Waals surface area contributed by atoms with Crippen molar-refractivity contribution in [2.75, 3.05) is 11.9 Å². The van der Waals surface area contributed by atoms with E-state index in [-0.39, 0.29) is 53.4 Å². The van der Waals surface area contributed by atoms with Crippen molar-refractivity contribution >= 4 is 55.5 Å². The molecule has 1 saturated heterocycles. The molecule has 5 aromatic rings. The molecule has 2 aliphatic carbocycles. The van der Waals surface area contributed by atoms with Crippen LogP contribution in [0, 0.1) is 11.3 Å². The molecule has 2 saturated carbocycles. The summed E-state index contributed by atoms with van der Waals surface area (Å²) in [7, 11) is -4.02. The molecule has 3 aromatic carbocycles. The highest BCUT2D eigenvalue weighted by Crippen LogP contribution is 2.46. The number of aromatic nitrogens is 2. The van der Waals surface area contributed by atoms with E-state index in [2.05, 4.69) is 31.9 Å². The second-order valence-electron chi connectivity index (χ2n) is 17.4. The molecule has 2 aromatic heterocycles. The number of likely N-dealkylation sites (tertiary alicyclic amines) is 1. The van der Waals surface area contributed by atoms with Crippen molar-refractivity contribution in [2.45, 2.75) is 87.8 Å². The molecule has 5 atom stereocenters. The van der Waals surface area contributed by atoms with Gasteiger partial charge in [-0.15, -0.1) is 6.58 Å². The summed E-state index contributed by atoms with van der Waals surface area (Å²) in [5.41, 5.74) is -3.32. The Hall–Kier alpha value is -6.18. The summed E-state index contributed by atoms with van der Waals surface area (Å²) in [5, 5.41) is 5.54. The number of carbonyl (C=O) groups excluding carboxylic acids is 3. The van der Waals surface area contributed by atoms with Crippen LogP contribution in [0.15, 0.2) is 89.9 Å². The molecule has 20 heteroatoms. The molecule has 3 N–H and O–H groups in total. The van der Waals surface area contributed by atoms with Crippen molar-refractivity contribution in [3.8, 4) is 17.3 Å². The van der Waals surface area contributed by atoms with E-state index >= 15 is 0 Å². The van der Waals surface area contributed by atoms with E-state index in [1.165, 1.54) is 35.2 Å². The van der Waals surface area contributed by atoms with E-state index in [9.17, 15) is 49.1 Å². The first kappa shape index (κ1) is 44.4. The van der Waals surface area contributed by atoms with E-state index in [0.29, 0.717) is 23.8 Å². The number of benzene rings is 3. The van der Waals surface area contributed by atoms with Crippen molar-refractivity contribution in [1.29, 1.82) is 0 Å². The predicted octanol–water partition coefficient (Wildman–Crippen LogP) is 7.63. The van der Waals surface area contributed by atoms with Crippen molar-refractivity contribution in [3.05, 3.63) is 96.6 Å². The van der Waals surface area contributed by atoms with E-state index in [1.54, 1.807) is 45.0 Å². The number of nitrogens with zero attached hydrogens (tertiary/aromatic N) is 3. The van der Waals surface area contributed by atoms with Crippen LogP contribution in [0.25, 0.3) is 33.5 Å². The van der Waals surface area contributed by atoms with Crippen molar-refractivity contribution < 1.29 is 58.3 Å².